The average molecular weight is 241 g/mol. The van der Waals surface area contributed by atoms with Crippen molar-refractivity contribution in [3.05, 3.63) is 12.1 Å². The first-order chi connectivity index (χ1) is 8.31. The molecule has 0 aliphatic carbocycles. The van der Waals surface area contributed by atoms with E-state index in [1.54, 1.807) is 20.3 Å². The maximum Gasteiger partial charge on any atom is 0.162 e. The molecule has 0 amide bonds. The Bertz CT molecular complexity index is 298. The van der Waals surface area contributed by atoms with Gasteiger partial charge in [0.25, 0.3) is 0 Å². The Hall–Kier alpha value is -1.44. The number of nitrogens with zero attached hydrogens (tertiary/aromatic N) is 3. The van der Waals surface area contributed by atoms with Crippen LogP contribution in [-0.2, 0) is 9.47 Å². The van der Waals surface area contributed by atoms with Crippen molar-refractivity contribution < 1.29 is 9.47 Å². The smallest absolute Gasteiger partial charge is 0.162 e. The van der Waals surface area contributed by atoms with Crippen LogP contribution >= 0.6 is 0 Å². The van der Waals surface area contributed by atoms with Crippen LogP contribution in [0.4, 0.5) is 11.6 Å². The van der Waals surface area contributed by atoms with Gasteiger partial charge in [0.2, 0.25) is 0 Å². The van der Waals surface area contributed by atoms with E-state index in [4.69, 9.17) is 15.3 Å². The monoisotopic (exact) mass is 241 g/mol. The van der Waals surface area contributed by atoms with Crippen LogP contribution in [0.1, 0.15) is 0 Å². The lowest BCUT2D eigenvalue weighted by Crippen LogP contribution is -2.31. The van der Waals surface area contributed by atoms with Gasteiger partial charge in [0, 0.05) is 27.3 Å². The van der Waals surface area contributed by atoms with Gasteiger partial charge in [-0.1, -0.05) is 0 Å². The first-order valence-electron chi connectivity index (χ1n) is 5.35. The first-order valence-corrected chi connectivity index (χ1v) is 5.35. The highest BCUT2D eigenvalue weighted by molar-refractivity contribution is 5.42. The molecule has 3 N–H and O–H groups in total. The van der Waals surface area contributed by atoms with Crippen molar-refractivity contribution in [3.63, 3.8) is 0 Å². The van der Waals surface area contributed by atoms with E-state index in [0.717, 1.165) is 18.9 Å². The topological polar surface area (TPSA) is 85.5 Å². The zero-order valence-electron chi connectivity index (χ0n) is 10.2. The lowest BCUT2D eigenvalue weighted by atomic mass is 10.4. The second kappa shape index (κ2) is 7.77. The number of aromatic nitrogens is 2. The predicted molar refractivity (Wildman–Crippen MR) is 65.8 cm³/mol. The minimum absolute atomic E-state index is 0.534. The molecule has 0 fully saturated rings. The summed E-state index contributed by atoms with van der Waals surface area (Å²) >= 11 is 0. The van der Waals surface area contributed by atoms with E-state index < -0.39 is 0 Å². The number of anilines is 2. The summed E-state index contributed by atoms with van der Waals surface area (Å²) in [7, 11) is 3.34. The van der Waals surface area contributed by atoms with E-state index in [1.807, 2.05) is 11.0 Å². The van der Waals surface area contributed by atoms with Crippen molar-refractivity contribution in [3.8, 4) is 0 Å². The second-order valence-electron chi connectivity index (χ2n) is 3.39. The molecule has 0 aromatic carbocycles. The highest BCUT2D eigenvalue weighted by atomic mass is 16.5. The Morgan fingerprint density at radius 3 is 2.24 bits per heavy atom. The number of hydrazine groups is 1. The van der Waals surface area contributed by atoms with Gasteiger partial charge in [-0.3, -0.25) is 0 Å². The third kappa shape index (κ3) is 4.51. The Morgan fingerprint density at radius 2 is 1.82 bits per heavy atom. The maximum absolute atomic E-state index is 5.23. The van der Waals surface area contributed by atoms with Crippen molar-refractivity contribution in [2.75, 3.05) is 50.8 Å². The molecular weight excluding hydrogens is 222 g/mol. The lowest BCUT2D eigenvalue weighted by Gasteiger charge is -2.22. The SMILES string of the molecule is COCCN(CCOC)c1ccc(NN)nn1. The maximum atomic E-state index is 5.23. The predicted octanol–water partition coefficient (Wildman–Crippen LogP) is -0.139. The fourth-order valence-electron chi connectivity index (χ4n) is 1.31. The molecule has 1 aromatic rings. The number of hydrogen-bond acceptors (Lipinski definition) is 7. The highest BCUT2D eigenvalue weighted by Gasteiger charge is 2.08. The van der Waals surface area contributed by atoms with E-state index >= 15 is 0 Å². The van der Waals surface area contributed by atoms with E-state index in [1.165, 1.54) is 0 Å². The summed E-state index contributed by atoms with van der Waals surface area (Å²) in [6.07, 6.45) is 0. The molecule has 7 heteroatoms. The van der Waals surface area contributed by atoms with E-state index in [-0.39, 0.29) is 0 Å². The molecule has 0 spiro atoms. The number of ether oxygens (including phenoxy) is 2. The van der Waals surface area contributed by atoms with Crippen LogP contribution in [0, 0.1) is 0 Å². The normalized spacial score (nSPS) is 10.3. The lowest BCUT2D eigenvalue weighted by molar-refractivity contribution is 0.190. The molecule has 17 heavy (non-hydrogen) atoms. The van der Waals surface area contributed by atoms with Crippen LogP contribution in [0.5, 0.6) is 0 Å². The molecule has 0 bridgehead atoms. The number of methoxy groups -OCH3 is 2. The highest BCUT2D eigenvalue weighted by Crippen LogP contribution is 2.10. The van der Waals surface area contributed by atoms with Crippen LogP contribution < -0.4 is 16.2 Å². The van der Waals surface area contributed by atoms with Gasteiger partial charge in [-0.25, -0.2) is 5.84 Å². The molecule has 0 aliphatic heterocycles. The van der Waals surface area contributed by atoms with Gasteiger partial charge in [-0.05, 0) is 12.1 Å². The van der Waals surface area contributed by atoms with Crippen LogP contribution in [0.25, 0.3) is 0 Å². The summed E-state index contributed by atoms with van der Waals surface area (Å²) < 4.78 is 10.1. The van der Waals surface area contributed by atoms with Gasteiger partial charge >= 0.3 is 0 Å². The Balaban J connectivity index is 2.65. The summed E-state index contributed by atoms with van der Waals surface area (Å²) in [5.74, 6) is 6.54. The number of hydrogen-bond donors (Lipinski definition) is 2. The zero-order chi connectivity index (χ0) is 12.5. The standard InChI is InChI=1S/C10H19N5O2/c1-16-7-5-15(6-8-17-2)10-4-3-9(12-11)13-14-10/h3-4H,5-8,11H2,1-2H3,(H,12,13). The van der Waals surface area contributed by atoms with Crippen molar-refractivity contribution in [1.29, 1.82) is 0 Å². The van der Waals surface area contributed by atoms with Gasteiger partial charge in [-0.15, -0.1) is 10.2 Å². The van der Waals surface area contributed by atoms with Crippen LogP contribution in [-0.4, -0.2) is 50.7 Å². The number of nitrogens with two attached hydrogens (primary N) is 1. The molecular formula is C10H19N5O2. The van der Waals surface area contributed by atoms with Crippen LogP contribution in [0.3, 0.4) is 0 Å². The average Bonchev–Trinajstić information content (AvgIpc) is 2.39. The summed E-state index contributed by atoms with van der Waals surface area (Å²) in [5, 5.41) is 8.00. The van der Waals surface area contributed by atoms with Gasteiger partial charge in [0.05, 0.1) is 13.2 Å². The Labute approximate surface area is 101 Å². The molecule has 96 valence electrons. The fraction of sp³-hybridized carbons (Fsp3) is 0.600. The van der Waals surface area contributed by atoms with Gasteiger partial charge < -0.3 is 19.8 Å². The summed E-state index contributed by atoms with van der Waals surface area (Å²) in [6, 6.07) is 3.63. The van der Waals surface area contributed by atoms with Gasteiger partial charge in [0.1, 0.15) is 0 Å². The van der Waals surface area contributed by atoms with E-state index in [9.17, 15) is 0 Å². The molecule has 1 rings (SSSR count). The molecule has 0 unspecified atom stereocenters. The van der Waals surface area contributed by atoms with Gasteiger partial charge in [0.15, 0.2) is 11.6 Å². The van der Waals surface area contributed by atoms with Crippen molar-refractivity contribution in [2.24, 2.45) is 5.84 Å². The van der Waals surface area contributed by atoms with Crippen LogP contribution in [0.15, 0.2) is 12.1 Å². The third-order valence-corrected chi connectivity index (χ3v) is 2.25. The van der Waals surface area contributed by atoms with Crippen molar-refractivity contribution in [2.45, 2.75) is 0 Å². The minimum atomic E-state index is 0.534. The number of nitrogen functional groups attached to an aromatic ring is 1. The summed E-state index contributed by atoms with van der Waals surface area (Å²) in [4.78, 5) is 2.04. The number of nitrogens with one attached hydrogen (secondary N) is 1. The quantitative estimate of drug-likeness (QED) is 0.484. The molecule has 0 saturated carbocycles. The third-order valence-electron chi connectivity index (χ3n) is 2.25. The van der Waals surface area contributed by atoms with Crippen LogP contribution in [0.2, 0.25) is 0 Å². The number of rotatable bonds is 8. The Morgan fingerprint density at radius 1 is 1.18 bits per heavy atom. The zero-order valence-corrected chi connectivity index (χ0v) is 10.2. The Kier molecular flexibility index (Phi) is 6.23. The van der Waals surface area contributed by atoms with Crippen molar-refractivity contribution >= 4 is 11.6 Å². The van der Waals surface area contributed by atoms with E-state index in [0.29, 0.717) is 19.0 Å². The summed E-state index contributed by atoms with van der Waals surface area (Å²) in [5.41, 5.74) is 2.44. The minimum Gasteiger partial charge on any atom is -0.383 e. The molecule has 0 atom stereocenters. The first kappa shape index (κ1) is 13.6. The molecule has 1 heterocycles. The molecule has 1 aromatic heterocycles. The second-order valence-corrected chi connectivity index (χ2v) is 3.39. The molecule has 0 saturated heterocycles. The molecule has 7 nitrogen and oxygen atoms in total. The van der Waals surface area contributed by atoms with Gasteiger partial charge in [-0.2, -0.15) is 0 Å². The van der Waals surface area contributed by atoms with Crippen molar-refractivity contribution in [1.82, 2.24) is 10.2 Å². The fourth-order valence-corrected chi connectivity index (χ4v) is 1.31. The van der Waals surface area contributed by atoms with E-state index in [2.05, 4.69) is 15.6 Å². The summed E-state index contributed by atoms with van der Waals surface area (Å²) in [6.45, 7) is 2.73. The molecule has 0 radical (unpaired) electrons. The largest absolute Gasteiger partial charge is 0.383 e. The molecule has 0 aliphatic rings.